The Hall–Kier alpha value is -1.83. The Morgan fingerprint density at radius 3 is 2.87 bits per heavy atom. The van der Waals surface area contributed by atoms with Crippen LogP contribution >= 0.6 is 0 Å². The summed E-state index contributed by atoms with van der Waals surface area (Å²) in [6, 6.07) is 8.06. The summed E-state index contributed by atoms with van der Waals surface area (Å²) in [6.07, 6.45) is 6.08. The minimum atomic E-state index is 0.939. The first-order chi connectivity index (χ1) is 7.31. The number of fused-ring (bicyclic) bond motifs is 1. The van der Waals surface area contributed by atoms with Crippen molar-refractivity contribution in [3.63, 3.8) is 0 Å². The molecule has 15 heavy (non-hydrogen) atoms. The summed E-state index contributed by atoms with van der Waals surface area (Å²) in [5.41, 5.74) is 3.24. The van der Waals surface area contributed by atoms with Crippen LogP contribution in [0.2, 0.25) is 0 Å². The third-order valence-electron chi connectivity index (χ3n) is 2.30. The van der Waals surface area contributed by atoms with Crippen LogP contribution in [0.3, 0.4) is 0 Å². The van der Waals surface area contributed by atoms with Gasteiger partial charge in [-0.1, -0.05) is 30.4 Å². The molecule has 0 unspecified atom stereocenters. The molecule has 0 atom stereocenters. The van der Waals surface area contributed by atoms with Crippen molar-refractivity contribution in [3.8, 4) is 0 Å². The van der Waals surface area contributed by atoms with E-state index in [9.17, 15) is 0 Å². The average Bonchev–Trinajstić information content (AvgIpc) is 2.69. The van der Waals surface area contributed by atoms with Crippen molar-refractivity contribution in [1.82, 2.24) is 9.97 Å². The van der Waals surface area contributed by atoms with E-state index in [2.05, 4.69) is 23.0 Å². The number of para-hydroxylation sites is 2. The molecule has 0 aliphatic rings. The third kappa shape index (κ3) is 1.99. The van der Waals surface area contributed by atoms with Crippen LogP contribution in [-0.4, -0.2) is 9.97 Å². The third-order valence-corrected chi connectivity index (χ3v) is 2.30. The molecule has 1 aromatic carbocycles. The van der Waals surface area contributed by atoms with E-state index < -0.39 is 0 Å². The van der Waals surface area contributed by atoms with E-state index in [0.29, 0.717) is 0 Å². The first kappa shape index (κ1) is 9.71. The van der Waals surface area contributed by atoms with Gasteiger partial charge in [-0.25, -0.2) is 4.98 Å². The van der Waals surface area contributed by atoms with Crippen LogP contribution < -0.4 is 0 Å². The topological polar surface area (TPSA) is 28.7 Å². The summed E-state index contributed by atoms with van der Waals surface area (Å²) in [6.45, 7) is 4.06. The summed E-state index contributed by atoms with van der Waals surface area (Å²) in [5, 5.41) is 0. The Bertz CT molecular complexity index is 485. The van der Waals surface area contributed by atoms with Gasteiger partial charge in [0.2, 0.25) is 0 Å². The van der Waals surface area contributed by atoms with Crippen LogP contribution in [0.1, 0.15) is 19.7 Å². The van der Waals surface area contributed by atoms with Gasteiger partial charge in [0.1, 0.15) is 5.82 Å². The lowest BCUT2D eigenvalue weighted by Gasteiger charge is -1.91. The Kier molecular flexibility index (Phi) is 2.68. The van der Waals surface area contributed by atoms with Gasteiger partial charge in [-0.3, -0.25) is 0 Å². The molecular formula is C13H14N2. The molecule has 0 aliphatic carbocycles. The minimum Gasteiger partial charge on any atom is -0.338 e. The number of allylic oxidation sites excluding steroid dienone is 4. The first-order valence-corrected chi connectivity index (χ1v) is 5.06. The van der Waals surface area contributed by atoms with Crippen molar-refractivity contribution in [1.29, 1.82) is 0 Å². The van der Waals surface area contributed by atoms with Crippen molar-refractivity contribution in [2.45, 2.75) is 13.8 Å². The van der Waals surface area contributed by atoms with Gasteiger partial charge in [-0.15, -0.1) is 0 Å². The lowest BCUT2D eigenvalue weighted by molar-refractivity contribution is 1.25. The quantitative estimate of drug-likeness (QED) is 0.734. The van der Waals surface area contributed by atoms with Crippen molar-refractivity contribution in [3.05, 3.63) is 48.3 Å². The van der Waals surface area contributed by atoms with Crippen LogP contribution in [0.4, 0.5) is 0 Å². The van der Waals surface area contributed by atoms with Crippen LogP contribution in [0.25, 0.3) is 16.6 Å². The largest absolute Gasteiger partial charge is 0.338 e. The van der Waals surface area contributed by atoms with Gasteiger partial charge in [0.05, 0.1) is 11.0 Å². The normalized spacial score (nSPS) is 12.8. The fourth-order valence-corrected chi connectivity index (χ4v) is 1.46. The second kappa shape index (κ2) is 4.13. The van der Waals surface area contributed by atoms with Crippen LogP contribution in [0.15, 0.2) is 42.5 Å². The lowest BCUT2D eigenvalue weighted by Crippen LogP contribution is -1.80. The SMILES string of the molecule is C/C=C\C=C(/C)c1nc2ccccc2[nH]1. The molecular weight excluding hydrogens is 184 g/mol. The van der Waals surface area contributed by atoms with Crippen molar-refractivity contribution < 1.29 is 0 Å². The van der Waals surface area contributed by atoms with E-state index in [4.69, 9.17) is 0 Å². The number of H-pyrrole nitrogens is 1. The minimum absolute atomic E-state index is 0.939. The fraction of sp³-hybridized carbons (Fsp3) is 0.154. The molecule has 0 spiro atoms. The smallest absolute Gasteiger partial charge is 0.134 e. The summed E-state index contributed by atoms with van der Waals surface area (Å²) in [5.74, 6) is 0.939. The zero-order chi connectivity index (χ0) is 10.7. The fourth-order valence-electron chi connectivity index (χ4n) is 1.46. The molecule has 2 rings (SSSR count). The lowest BCUT2D eigenvalue weighted by atomic mass is 10.2. The molecule has 76 valence electrons. The molecule has 0 fully saturated rings. The van der Waals surface area contributed by atoms with Gasteiger partial charge >= 0.3 is 0 Å². The summed E-state index contributed by atoms with van der Waals surface area (Å²) in [4.78, 5) is 7.80. The molecule has 0 radical (unpaired) electrons. The molecule has 0 bridgehead atoms. The predicted octanol–water partition coefficient (Wildman–Crippen LogP) is 3.54. The van der Waals surface area contributed by atoms with Gasteiger partial charge in [0.25, 0.3) is 0 Å². The maximum absolute atomic E-state index is 4.51. The zero-order valence-electron chi connectivity index (χ0n) is 8.99. The van der Waals surface area contributed by atoms with E-state index in [-0.39, 0.29) is 0 Å². The summed E-state index contributed by atoms with van der Waals surface area (Å²) in [7, 11) is 0. The highest BCUT2D eigenvalue weighted by atomic mass is 14.9. The monoisotopic (exact) mass is 198 g/mol. The van der Waals surface area contributed by atoms with Crippen molar-refractivity contribution in [2.24, 2.45) is 0 Å². The average molecular weight is 198 g/mol. The van der Waals surface area contributed by atoms with Gasteiger partial charge < -0.3 is 4.98 Å². The highest BCUT2D eigenvalue weighted by Crippen LogP contribution is 2.16. The van der Waals surface area contributed by atoms with Gasteiger partial charge in [0.15, 0.2) is 0 Å². The standard InChI is InChI=1S/C13H14N2/c1-3-4-7-10(2)13-14-11-8-5-6-9-12(11)15-13/h3-9H,1-2H3,(H,14,15)/b4-3-,10-7+. The van der Waals surface area contributed by atoms with Crippen LogP contribution in [0.5, 0.6) is 0 Å². The number of hydrogen-bond donors (Lipinski definition) is 1. The molecule has 2 aromatic rings. The number of imidazole rings is 1. The summed E-state index contributed by atoms with van der Waals surface area (Å²) < 4.78 is 0. The number of nitrogens with one attached hydrogen (secondary N) is 1. The Morgan fingerprint density at radius 1 is 1.33 bits per heavy atom. The molecule has 0 aliphatic heterocycles. The molecule has 1 aromatic heterocycles. The number of aromatic amines is 1. The van der Waals surface area contributed by atoms with E-state index in [0.717, 1.165) is 22.4 Å². The van der Waals surface area contributed by atoms with E-state index in [1.54, 1.807) is 0 Å². The van der Waals surface area contributed by atoms with E-state index >= 15 is 0 Å². The van der Waals surface area contributed by atoms with Crippen LogP contribution in [0, 0.1) is 0 Å². The van der Waals surface area contributed by atoms with Gasteiger partial charge in [-0.05, 0) is 31.6 Å². The molecule has 1 heterocycles. The molecule has 2 nitrogen and oxygen atoms in total. The molecule has 2 heteroatoms. The first-order valence-electron chi connectivity index (χ1n) is 5.06. The number of benzene rings is 1. The number of hydrogen-bond acceptors (Lipinski definition) is 1. The maximum Gasteiger partial charge on any atom is 0.134 e. The highest BCUT2D eigenvalue weighted by molar-refractivity contribution is 5.78. The number of nitrogens with zero attached hydrogens (tertiary/aromatic N) is 1. The van der Waals surface area contributed by atoms with Gasteiger partial charge in [-0.2, -0.15) is 0 Å². The number of aromatic nitrogens is 2. The Morgan fingerprint density at radius 2 is 2.13 bits per heavy atom. The van der Waals surface area contributed by atoms with Crippen molar-refractivity contribution >= 4 is 16.6 Å². The van der Waals surface area contributed by atoms with Crippen LogP contribution in [-0.2, 0) is 0 Å². The predicted molar refractivity (Wildman–Crippen MR) is 64.6 cm³/mol. The Labute approximate surface area is 89.4 Å². The van der Waals surface area contributed by atoms with Crippen molar-refractivity contribution in [2.75, 3.05) is 0 Å². The number of rotatable bonds is 2. The maximum atomic E-state index is 4.51. The zero-order valence-corrected chi connectivity index (χ0v) is 8.99. The molecule has 0 amide bonds. The van der Waals surface area contributed by atoms with E-state index in [1.807, 2.05) is 43.3 Å². The second-order valence-electron chi connectivity index (χ2n) is 3.48. The Balaban J connectivity index is 2.44. The highest BCUT2D eigenvalue weighted by Gasteiger charge is 2.01. The second-order valence-corrected chi connectivity index (χ2v) is 3.48. The van der Waals surface area contributed by atoms with E-state index in [1.165, 1.54) is 0 Å². The molecule has 1 N–H and O–H groups in total. The molecule has 0 saturated carbocycles. The molecule has 0 saturated heterocycles. The summed E-state index contributed by atoms with van der Waals surface area (Å²) >= 11 is 0. The van der Waals surface area contributed by atoms with Gasteiger partial charge in [0, 0.05) is 0 Å².